The van der Waals surface area contributed by atoms with E-state index in [0.29, 0.717) is 29.9 Å². The SMILES string of the molecule is CCCn1/c(=N/C(=O)c2cccc(C#N)c2)[nH]c2ccc(/C=C/C(=O)OCC)cc21. The maximum Gasteiger partial charge on any atom is 0.330 e. The van der Waals surface area contributed by atoms with Gasteiger partial charge in [-0.2, -0.15) is 10.3 Å². The molecular formula is C23H22N4O3. The number of esters is 1. The number of carbonyl (C=O) groups is 2. The summed E-state index contributed by atoms with van der Waals surface area (Å²) in [6.07, 6.45) is 3.93. The lowest BCUT2D eigenvalue weighted by atomic mass is 10.1. The van der Waals surface area contributed by atoms with Crippen LogP contribution in [0.3, 0.4) is 0 Å². The second kappa shape index (κ2) is 9.52. The van der Waals surface area contributed by atoms with E-state index in [1.807, 2.05) is 35.8 Å². The molecule has 2 aromatic carbocycles. The second-order valence-corrected chi connectivity index (χ2v) is 6.57. The number of aromatic nitrogens is 2. The van der Waals surface area contributed by atoms with Crippen molar-refractivity contribution in [3.8, 4) is 6.07 Å². The summed E-state index contributed by atoms with van der Waals surface area (Å²) in [5.74, 6) is -0.820. The van der Waals surface area contributed by atoms with Crippen molar-refractivity contribution in [1.29, 1.82) is 5.26 Å². The maximum absolute atomic E-state index is 12.6. The molecule has 1 aromatic heterocycles. The number of amides is 1. The van der Waals surface area contributed by atoms with Crippen LogP contribution >= 0.6 is 0 Å². The van der Waals surface area contributed by atoms with Crippen molar-refractivity contribution in [2.24, 2.45) is 4.99 Å². The van der Waals surface area contributed by atoms with Gasteiger partial charge in [-0.05, 0) is 55.3 Å². The van der Waals surface area contributed by atoms with Gasteiger partial charge in [-0.3, -0.25) is 4.79 Å². The summed E-state index contributed by atoms with van der Waals surface area (Å²) < 4.78 is 6.84. The van der Waals surface area contributed by atoms with Crippen LogP contribution in [0, 0.1) is 11.3 Å². The molecule has 0 bridgehead atoms. The molecule has 0 aliphatic rings. The average molecular weight is 402 g/mol. The number of carbonyl (C=O) groups excluding carboxylic acids is 2. The molecule has 1 N–H and O–H groups in total. The fourth-order valence-electron chi connectivity index (χ4n) is 3.06. The van der Waals surface area contributed by atoms with Crippen LogP contribution < -0.4 is 5.62 Å². The number of benzene rings is 2. The van der Waals surface area contributed by atoms with Crippen LogP contribution in [0.15, 0.2) is 53.5 Å². The highest BCUT2D eigenvalue weighted by atomic mass is 16.5. The third-order valence-electron chi connectivity index (χ3n) is 4.41. The summed E-state index contributed by atoms with van der Waals surface area (Å²) in [6, 6.07) is 14.2. The van der Waals surface area contributed by atoms with Crippen LogP contribution in [0.4, 0.5) is 0 Å². The van der Waals surface area contributed by atoms with E-state index in [-0.39, 0.29) is 0 Å². The highest BCUT2D eigenvalue weighted by molar-refractivity contribution is 5.95. The molecular weight excluding hydrogens is 380 g/mol. The van der Waals surface area contributed by atoms with Gasteiger partial charge in [-0.1, -0.05) is 19.1 Å². The van der Waals surface area contributed by atoms with E-state index in [9.17, 15) is 9.59 Å². The normalized spacial score (nSPS) is 11.7. The van der Waals surface area contributed by atoms with E-state index in [2.05, 4.69) is 9.98 Å². The quantitative estimate of drug-likeness (QED) is 0.503. The summed E-state index contributed by atoms with van der Waals surface area (Å²) >= 11 is 0. The minimum atomic E-state index is -0.425. The fourth-order valence-corrected chi connectivity index (χ4v) is 3.06. The molecule has 0 saturated heterocycles. The number of rotatable bonds is 6. The molecule has 0 spiro atoms. The van der Waals surface area contributed by atoms with Gasteiger partial charge in [0.1, 0.15) is 0 Å². The Bertz CT molecular complexity index is 1230. The van der Waals surface area contributed by atoms with Crippen molar-refractivity contribution in [3.63, 3.8) is 0 Å². The van der Waals surface area contributed by atoms with Gasteiger partial charge >= 0.3 is 5.97 Å². The molecule has 1 heterocycles. The van der Waals surface area contributed by atoms with Gasteiger partial charge in [-0.15, -0.1) is 0 Å². The zero-order valence-corrected chi connectivity index (χ0v) is 16.9. The molecule has 0 saturated carbocycles. The Hall–Kier alpha value is -3.92. The monoisotopic (exact) mass is 402 g/mol. The molecule has 3 aromatic rings. The van der Waals surface area contributed by atoms with Gasteiger partial charge in [0.15, 0.2) is 0 Å². The molecule has 30 heavy (non-hydrogen) atoms. The molecule has 1 amide bonds. The highest BCUT2D eigenvalue weighted by Crippen LogP contribution is 2.15. The Kier molecular flexibility index (Phi) is 6.60. The number of hydrogen-bond donors (Lipinski definition) is 1. The van der Waals surface area contributed by atoms with Gasteiger partial charge in [0.2, 0.25) is 5.62 Å². The number of hydrogen-bond acceptors (Lipinski definition) is 4. The number of imidazole rings is 1. The van der Waals surface area contributed by atoms with Crippen LogP contribution in [0.5, 0.6) is 0 Å². The lowest BCUT2D eigenvalue weighted by molar-refractivity contribution is -0.137. The van der Waals surface area contributed by atoms with Gasteiger partial charge in [-0.25, -0.2) is 4.79 Å². The zero-order valence-electron chi connectivity index (χ0n) is 16.9. The van der Waals surface area contributed by atoms with Crippen molar-refractivity contribution < 1.29 is 14.3 Å². The van der Waals surface area contributed by atoms with E-state index < -0.39 is 11.9 Å². The summed E-state index contributed by atoms with van der Waals surface area (Å²) in [5.41, 5.74) is 3.74. The Morgan fingerprint density at radius 1 is 1.23 bits per heavy atom. The number of nitriles is 1. The Morgan fingerprint density at radius 2 is 2.07 bits per heavy atom. The Balaban J connectivity index is 2.03. The van der Waals surface area contributed by atoms with E-state index in [1.54, 1.807) is 31.2 Å². The molecule has 0 aliphatic heterocycles. The van der Waals surface area contributed by atoms with Gasteiger partial charge in [0.05, 0.1) is 29.3 Å². The van der Waals surface area contributed by atoms with E-state index in [1.165, 1.54) is 12.1 Å². The maximum atomic E-state index is 12.6. The Labute approximate surface area is 173 Å². The molecule has 3 rings (SSSR count). The second-order valence-electron chi connectivity index (χ2n) is 6.57. The number of ether oxygens (including phenoxy) is 1. The predicted molar refractivity (Wildman–Crippen MR) is 113 cm³/mol. The first-order valence-electron chi connectivity index (χ1n) is 9.72. The van der Waals surface area contributed by atoms with Gasteiger partial charge < -0.3 is 14.3 Å². The first-order chi connectivity index (χ1) is 14.5. The Morgan fingerprint density at radius 3 is 2.80 bits per heavy atom. The molecule has 0 aliphatic carbocycles. The van der Waals surface area contributed by atoms with E-state index in [4.69, 9.17) is 10.00 Å². The molecule has 0 atom stereocenters. The number of aromatic amines is 1. The number of aryl methyl sites for hydroxylation is 1. The molecule has 0 unspecified atom stereocenters. The summed E-state index contributed by atoms with van der Waals surface area (Å²) in [6.45, 7) is 4.79. The van der Waals surface area contributed by atoms with E-state index in [0.717, 1.165) is 23.0 Å². The highest BCUT2D eigenvalue weighted by Gasteiger charge is 2.09. The van der Waals surface area contributed by atoms with Crippen molar-refractivity contribution >= 4 is 29.0 Å². The van der Waals surface area contributed by atoms with Crippen LogP contribution in [0.25, 0.3) is 17.1 Å². The first-order valence-corrected chi connectivity index (χ1v) is 9.72. The molecule has 152 valence electrons. The lowest BCUT2D eigenvalue weighted by Gasteiger charge is -2.03. The minimum absolute atomic E-state index is 0.326. The number of nitrogens with one attached hydrogen (secondary N) is 1. The van der Waals surface area contributed by atoms with Crippen molar-refractivity contribution in [3.05, 3.63) is 70.8 Å². The fraction of sp³-hybridized carbons (Fsp3) is 0.217. The molecule has 0 fully saturated rings. The smallest absolute Gasteiger partial charge is 0.330 e. The number of fused-ring (bicyclic) bond motifs is 1. The van der Waals surface area contributed by atoms with Gasteiger partial charge in [0.25, 0.3) is 5.91 Å². The molecule has 7 heteroatoms. The number of nitrogens with zero attached hydrogens (tertiary/aromatic N) is 3. The summed E-state index contributed by atoms with van der Waals surface area (Å²) in [7, 11) is 0. The third kappa shape index (κ3) is 4.73. The zero-order chi connectivity index (χ0) is 21.5. The lowest BCUT2D eigenvalue weighted by Crippen LogP contribution is -2.21. The summed E-state index contributed by atoms with van der Waals surface area (Å²) in [4.78, 5) is 31.7. The first kappa shape index (κ1) is 20.8. The van der Waals surface area contributed by atoms with Crippen LogP contribution in [0.2, 0.25) is 0 Å². The average Bonchev–Trinajstić information content (AvgIpc) is 3.09. The van der Waals surface area contributed by atoms with Crippen LogP contribution in [-0.2, 0) is 16.1 Å². The van der Waals surface area contributed by atoms with Crippen molar-refractivity contribution in [1.82, 2.24) is 9.55 Å². The van der Waals surface area contributed by atoms with Crippen molar-refractivity contribution in [2.75, 3.05) is 6.61 Å². The summed E-state index contributed by atoms with van der Waals surface area (Å²) in [5, 5.41) is 9.04. The predicted octanol–water partition coefficient (Wildman–Crippen LogP) is 3.57. The topological polar surface area (TPSA) is 100 Å². The largest absolute Gasteiger partial charge is 0.463 e. The minimum Gasteiger partial charge on any atom is -0.463 e. The third-order valence-corrected chi connectivity index (χ3v) is 4.41. The van der Waals surface area contributed by atoms with Crippen molar-refractivity contribution in [2.45, 2.75) is 26.8 Å². The van der Waals surface area contributed by atoms with Crippen LogP contribution in [0.1, 0.15) is 41.8 Å². The van der Waals surface area contributed by atoms with Gasteiger partial charge in [0, 0.05) is 18.2 Å². The molecule has 7 nitrogen and oxygen atoms in total. The molecule has 0 radical (unpaired) electrons. The number of H-pyrrole nitrogens is 1. The van der Waals surface area contributed by atoms with Crippen LogP contribution in [-0.4, -0.2) is 28.0 Å². The standard InChI is InChI=1S/C23H22N4O3/c1-3-12-27-20-14-16(9-11-21(28)30-4-2)8-10-19(20)25-23(27)26-22(29)18-7-5-6-17(13-18)15-24/h5-11,13-14H,3-4,12H2,1-2H3,(H,25,26,29)/b11-9+. The van der Waals surface area contributed by atoms with E-state index >= 15 is 0 Å².